The van der Waals surface area contributed by atoms with Gasteiger partial charge in [-0.05, 0) is 67.6 Å². The second kappa shape index (κ2) is 11.8. The number of hydrogen-bond acceptors (Lipinski definition) is 10. The minimum Gasteiger partial charge on any atom is -0.493 e. The number of carbonyl (C=O) groups excluding carboxylic acids is 3. The number of nitrogens with one attached hydrogen (secondary N) is 1. The summed E-state index contributed by atoms with van der Waals surface area (Å²) in [5, 5.41) is 13.2. The van der Waals surface area contributed by atoms with Crippen molar-refractivity contribution >= 4 is 56.4 Å². The highest BCUT2D eigenvalue weighted by Crippen LogP contribution is 2.36. The molecule has 0 atom stereocenters. The van der Waals surface area contributed by atoms with E-state index >= 15 is 0 Å². The van der Waals surface area contributed by atoms with Crippen molar-refractivity contribution in [1.82, 2.24) is 4.90 Å². The highest BCUT2D eigenvalue weighted by Gasteiger charge is 2.36. The molecule has 0 saturated carbocycles. The van der Waals surface area contributed by atoms with Gasteiger partial charge in [0.15, 0.2) is 11.5 Å². The number of anilines is 1. The first kappa shape index (κ1) is 29.3. The summed E-state index contributed by atoms with van der Waals surface area (Å²) in [4.78, 5) is 48.7. The van der Waals surface area contributed by atoms with Gasteiger partial charge in [-0.2, -0.15) is 8.42 Å². The van der Waals surface area contributed by atoms with E-state index in [2.05, 4.69) is 5.32 Å². The van der Waals surface area contributed by atoms with Crippen LogP contribution in [-0.4, -0.2) is 48.9 Å². The monoisotopic (exact) mass is 597 g/mol. The number of carbonyl (C=O) groups is 3. The first-order valence-corrected chi connectivity index (χ1v) is 14.1. The second-order valence-electron chi connectivity index (χ2n) is 8.84. The zero-order valence-electron chi connectivity index (χ0n) is 21.9. The van der Waals surface area contributed by atoms with E-state index in [0.717, 1.165) is 16.5 Å². The Morgan fingerprint density at radius 3 is 2.41 bits per heavy atom. The quantitative estimate of drug-likeness (QED) is 0.159. The van der Waals surface area contributed by atoms with Crippen LogP contribution in [0.15, 0.2) is 70.5 Å². The van der Waals surface area contributed by atoms with Crippen LogP contribution in [0.25, 0.3) is 6.08 Å². The van der Waals surface area contributed by atoms with Crippen LogP contribution in [0, 0.1) is 24.0 Å². The van der Waals surface area contributed by atoms with E-state index in [1.807, 2.05) is 19.1 Å². The fraction of sp³-hybridized carbons (Fsp3) is 0.148. The van der Waals surface area contributed by atoms with Gasteiger partial charge in [-0.1, -0.05) is 29.8 Å². The zero-order chi connectivity index (χ0) is 29.9. The van der Waals surface area contributed by atoms with Crippen LogP contribution in [0.4, 0.5) is 16.2 Å². The molecule has 1 aliphatic heterocycles. The molecule has 0 radical (unpaired) electrons. The minimum atomic E-state index is -4.46. The molecule has 41 heavy (non-hydrogen) atoms. The molecule has 212 valence electrons. The fourth-order valence-corrected chi connectivity index (χ4v) is 5.52. The first-order chi connectivity index (χ1) is 19.4. The molecule has 1 saturated heterocycles. The average Bonchev–Trinajstić information content (AvgIpc) is 3.17. The normalized spacial score (nSPS) is 14.3. The highest BCUT2D eigenvalue weighted by molar-refractivity contribution is 8.18. The van der Waals surface area contributed by atoms with Gasteiger partial charge in [0.2, 0.25) is 5.91 Å². The lowest BCUT2D eigenvalue weighted by Crippen LogP contribution is -2.36. The third-order valence-corrected chi connectivity index (χ3v) is 8.00. The molecule has 0 aromatic heterocycles. The summed E-state index contributed by atoms with van der Waals surface area (Å²) in [7, 11) is -3.19. The number of nitrogens with zero attached hydrogens (tertiary/aromatic N) is 2. The number of ether oxygens (including phenoxy) is 1. The Bertz CT molecular complexity index is 1700. The van der Waals surface area contributed by atoms with Crippen molar-refractivity contribution in [3.05, 3.63) is 92.4 Å². The van der Waals surface area contributed by atoms with E-state index in [-0.39, 0.29) is 27.7 Å². The second-order valence-corrected chi connectivity index (χ2v) is 11.4. The lowest BCUT2D eigenvalue weighted by molar-refractivity contribution is -0.385. The van der Waals surface area contributed by atoms with E-state index in [4.69, 9.17) is 8.92 Å². The van der Waals surface area contributed by atoms with Gasteiger partial charge in [-0.15, -0.1) is 0 Å². The van der Waals surface area contributed by atoms with Gasteiger partial charge in [0.05, 0.1) is 16.9 Å². The zero-order valence-corrected chi connectivity index (χ0v) is 23.6. The van der Waals surface area contributed by atoms with Gasteiger partial charge in [-0.25, -0.2) is 0 Å². The number of thioether (sulfide) groups is 1. The molecule has 1 fully saturated rings. The fourth-order valence-electron chi connectivity index (χ4n) is 3.72. The van der Waals surface area contributed by atoms with Crippen LogP contribution in [-0.2, 0) is 19.7 Å². The van der Waals surface area contributed by atoms with E-state index in [9.17, 15) is 32.9 Å². The van der Waals surface area contributed by atoms with Gasteiger partial charge in [0, 0.05) is 17.3 Å². The maximum Gasteiger partial charge on any atom is 0.339 e. The van der Waals surface area contributed by atoms with Crippen molar-refractivity contribution in [2.75, 3.05) is 19.0 Å². The Morgan fingerprint density at radius 2 is 1.76 bits per heavy atom. The van der Waals surface area contributed by atoms with Gasteiger partial charge < -0.3 is 14.2 Å². The molecule has 0 spiro atoms. The molecule has 12 nitrogen and oxygen atoms in total. The highest BCUT2D eigenvalue weighted by atomic mass is 32.2. The molecule has 0 bridgehead atoms. The van der Waals surface area contributed by atoms with Gasteiger partial charge >= 0.3 is 10.1 Å². The number of imide groups is 1. The third kappa shape index (κ3) is 6.73. The molecule has 1 heterocycles. The summed E-state index contributed by atoms with van der Waals surface area (Å²) < 4.78 is 36.1. The summed E-state index contributed by atoms with van der Waals surface area (Å²) in [6.07, 6.45) is 1.40. The van der Waals surface area contributed by atoms with Gasteiger partial charge in [-0.3, -0.25) is 29.4 Å². The van der Waals surface area contributed by atoms with Crippen molar-refractivity contribution in [3.8, 4) is 11.5 Å². The number of hydrogen-bond donors (Lipinski definition) is 1. The summed E-state index contributed by atoms with van der Waals surface area (Å²) >= 11 is 0.652. The summed E-state index contributed by atoms with van der Waals surface area (Å²) in [5.74, 6) is -1.42. The predicted octanol–water partition coefficient (Wildman–Crippen LogP) is 4.66. The summed E-state index contributed by atoms with van der Waals surface area (Å²) in [6.45, 7) is 2.91. The van der Waals surface area contributed by atoms with Crippen molar-refractivity contribution < 1.29 is 36.6 Å². The number of nitro groups is 1. The first-order valence-electron chi connectivity index (χ1n) is 11.9. The van der Waals surface area contributed by atoms with E-state index in [1.165, 1.54) is 50.4 Å². The Kier molecular flexibility index (Phi) is 8.44. The lowest BCUT2D eigenvalue weighted by Gasteiger charge is -2.13. The molecule has 3 aromatic rings. The van der Waals surface area contributed by atoms with E-state index in [0.29, 0.717) is 23.0 Å². The molecular formula is C27H23N3O9S2. The van der Waals surface area contributed by atoms with Gasteiger partial charge in [0.25, 0.3) is 16.8 Å². The molecule has 14 heteroatoms. The standard InChI is InChI=1S/C27H23N3O9S2/c1-16-4-8-19(9-5-16)28-25(31)15-29-26(32)24(40-27(29)33)13-18-7-11-22(23(12-18)38-3)39-41(36,37)20-10-6-17(2)21(14-20)30(34)35/h4-14H,15H2,1-3H3,(H,28,31)/b24-13-. The molecule has 1 N–H and O–H groups in total. The van der Waals surface area contributed by atoms with Crippen LogP contribution in [0.2, 0.25) is 0 Å². The molecule has 0 unspecified atom stereocenters. The molecule has 0 aliphatic carbocycles. The van der Waals surface area contributed by atoms with E-state index < -0.39 is 43.5 Å². The average molecular weight is 598 g/mol. The Labute approximate surface area is 239 Å². The molecule has 3 amide bonds. The molecule has 1 aliphatic rings. The van der Waals surface area contributed by atoms with Crippen molar-refractivity contribution in [2.24, 2.45) is 0 Å². The number of nitro benzene ring substituents is 1. The smallest absolute Gasteiger partial charge is 0.339 e. The predicted molar refractivity (Wildman–Crippen MR) is 151 cm³/mol. The van der Waals surface area contributed by atoms with Crippen molar-refractivity contribution in [2.45, 2.75) is 18.7 Å². The van der Waals surface area contributed by atoms with Crippen molar-refractivity contribution in [1.29, 1.82) is 0 Å². The Balaban J connectivity index is 1.50. The molecular weight excluding hydrogens is 574 g/mol. The van der Waals surface area contributed by atoms with Crippen molar-refractivity contribution in [3.63, 3.8) is 0 Å². The lowest BCUT2D eigenvalue weighted by atomic mass is 10.2. The maximum atomic E-state index is 12.9. The molecule has 4 rings (SSSR count). The SMILES string of the molecule is COc1cc(/C=C2\SC(=O)N(CC(=O)Nc3ccc(C)cc3)C2=O)ccc1OS(=O)(=O)c1ccc(C)c([N+](=O)[O-])c1. The third-order valence-electron chi connectivity index (χ3n) is 5.86. The molecule has 3 aromatic carbocycles. The minimum absolute atomic E-state index is 0.0133. The van der Waals surface area contributed by atoms with Crippen LogP contribution in [0.1, 0.15) is 16.7 Å². The summed E-state index contributed by atoms with van der Waals surface area (Å²) in [5.41, 5.74) is 1.83. The largest absolute Gasteiger partial charge is 0.493 e. The number of benzene rings is 3. The van der Waals surface area contributed by atoms with Crippen LogP contribution in [0.3, 0.4) is 0 Å². The van der Waals surface area contributed by atoms with Crippen LogP contribution < -0.4 is 14.2 Å². The number of aryl methyl sites for hydroxylation is 2. The Morgan fingerprint density at radius 1 is 1.05 bits per heavy atom. The van der Waals surface area contributed by atoms with Crippen LogP contribution >= 0.6 is 11.8 Å². The Hall–Kier alpha value is -4.69. The summed E-state index contributed by atoms with van der Waals surface area (Å²) in [6, 6.07) is 14.5. The number of methoxy groups -OCH3 is 1. The van der Waals surface area contributed by atoms with Gasteiger partial charge in [0.1, 0.15) is 11.4 Å². The number of rotatable bonds is 9. The maximum absolute atomic E-state index is 12.9. The number of amides is 3. The topological polar surface area (TPSA) is 162 Å². The van der Waals surface area contributed by atoms with Crippen LogP contribution in [0.5, 0.6) is 11.5 Å². The van der Waals surface area contributed by atoms with E-state index in [1.54, 1.807) is 12.1 Å².